The molecule has 0 spiro atoms. The van der Waals surface area contributed by atoms with Gasteiger partial charge in [-0.15, -0.1) is 0 Å². The number of rotatable bonds is 5. The van der Waals surface area contributed by atoms with Gasteiger partial charge in [0.25, 0.3) is 0 Å². The van der Waals surface area contributed by atoms with Gasteiger partial charge in [0.05, 0.1) is 13.5 Å². The lowest BCUT2D eigenvalue weighted by Crippen LogP contribution is -2.19. The summed E-state index contributed by atoms with van der Waals surface area (Å²) < 4.78 is 4.50. The topological polar surface area (TPSA) is 75.0 Å². The van der Waals surface area contributed by atoms with Crippen LogP contribution in [0.15, 0.2) is 18.3 Å². The zero-order valence-corrected chi connectivity index (χ0v) is 9.06. The molecule has 0 saturated carbocycles. The van der Waals surface area contributed by atoms with Gasteiger partial charge in [-0.3, -0.25) is 4.79 Å². The third-order valence-electron chi connectivity index (χ3n) is 2.05. The number of hydrogen-bond donors (Lipinski definition) is 1. The Morgan fingerprint density at radius 2 is 2.50 bits per heavy atom. The average Bonchev–Trinajstić information content (AvgIpc) is 2.34. The predicted molar refractivity (Wildman–Crippen MR) is 57.3 cm³/mol. The quantitative estimate of drug-likeness (QED) is 0.580. The minimum Gasteiger partial charge on any atom is -0.469 e. The normalized spacial score (nSPS) is 9.50. The van der Waals surface area contributed by atoms with Crippen LogP contribution in [0.5, 0.6) is 0 Å². The molecular formula is C11H13N3O2. The third kappa shape index (κ3) is 3.67. The molecule has 0 aromatic carbocycles. The van der Waals surface area contributed by atoms with Crippen LogP contribution in [0.3, 0.4) is 0 Å². The first-order chi connectivity index (χ1) is 7.77. The number of hydrogen-bond acceptors (Lipinski definition) is 5. The molecule has 16 heavy (non-hydrogen) atoms. The number of nitriles is 1. The molecule has 0 atom stereocenters. The predicted octanol–water partition coefficient (Wildman–Crippen LogP) is 0.606. The Morgan fingerprint density at radius 3 is 3.19 bits per heavy atom. The van der Waals surface area contributed by atoms with E-state index >= 15 is 0 Å². The number of nitrogens with zero attached hydrogens (tertiary/aromatic N) is 2. The molecule has 5 heteroatoms. The Balaban J connectivity index is 2.38. The van der Waals surface area contributed by atoms with Gasteiger partial charge in [-0.2, -0.15) is 5.26 Å². The monoisotopic (exact) mass is 219 g/mol. The van der Waals surface area contributed by atoms with Crippen LogP contribution in [-0.4, -0.2) is 24.6 Å². The number of carbonyl (C=O) groups is 1. The first kappa shape index (κ1) is 12.1. The van der Waals surface area contributed by atoms with Gasteiger partial charge in [-0.1, -0.05) is 6.07 Å². The molecule has 0 aliphatic heterocycles. The van der Waals surface area contributed by atoms with Crippen LogP contribution in [0.2, 0.25) is 0 Å². The minimum absolute atomic E-state index is 0.251. The lowest BCUT2D eigenvalue weighted by Gasteiger charge is -2.04. The molecule has 0 aliphatic carbocycles. The van der Waals surface area contributed by atoms with E-state index in [1.165, 1.54) is 7.11 Å². The minimum atomic E-state index is -0.251. The van der Waals surface area contributed by atoms with E-state index in [4.69, 9.17) is 5.26 Å². The van der Waals surface area contributed by atoms with Crippen molar-refractivity contribution in [3.8, 4) is 6.07 Å². The molecule has 1 aromatic heterocycles. The van der Waals surface area contributed by atoms with E-state index in [2.05, 4.69) is 15.0 Å². The Morgan fingerprint density at radius 1 is 1.69 bits per heavy atom. The molecule has 0 radical (unpaired) electrons. The molecule has 84 valence electrons. The zero-order valence-electron chi connectivity index (χ0n) is 9.06. The summed E-state index contributed by atoms with van der Waals surface area (Å²) in [5.41, 5.74) is 1.24. The number of methoxy groups -OCH3 is 1. The average molecular weight is 219 g/mol. The van der Waals surface area contributed by atoms with Crippen LogP contribution in [0, 0.1) is 11.3 Å². The largest absolute Gasteiger partial charge is 0.469 e. The second kappa shape index (κ2) is 6.53. The highest BCUT2D eigenvalue weighted by Crippen LogP contribution is 2.02. The van der Waals surface area contributed by atoms with Gasteiger partial charge in [0.1, 0.15) is 11.8 Å². The van der Waals surface area contributed by atoms with E-state index in [9.17, 15) is 4.79 Å². The molecule has 0 aliphatic rings. The van der Waals surface area contributed by atoms with E-state index in [1.54, 1.807) is 12.3 Å². The summed E-state index contributed by atoms with van der Waals surface area (Å²) in [7, 11) is 1.36. The molecular weight excluding hydrogens is 206 g/mol. The lowest BCUT2D eigenvalue weighted by molar-refractivity contribution is -0.140. The van der Waals surface area contributed by atoms with Crippen LogP contribution >= 0.6 is 0 Å². The number of ether oxygens (including phenoxy) is 1. The molecule has 5 nitrogen and oxygen atoms in total. The van der Waals surface area contributed by atoms with Crippen LogP contribution in [0.1, 0.15) is 17.7 Å². The summed E-state index contributed by atoms with van der Waals surface area (Å²) in [5.74, 6) is -0.251. The van der Waals surface area contributed by atoms with Crippen LogP contribution in [0.4, 0.5) is 0 Å². The van der Waals surface area contributed by atoms with Crippen LogP contribution in [-0.2, 0) is 16.1 Å². The van der Waals surface area contributed by atoms with E-state index in [0.29, 0.717) is 25.2 Å². The summed E-state index contributed by atoms with van der Waals surface area (Å²) in [6.45, 7) is 1.04. The Hall–Kier alpha value is -1.93. The van der Waals surface area contributed by atoms with Gasteiger partial charge in [-0.05, 0) is 6.07 Å². The van der Waals surface area contributed by atoms with Gasteiger partial charge < -0.3 is 10.1 Å². The SMILES string of the molecule is COC(=O)CCNCc1cccnc1C#N. The number of carbonyl (C=O) groups excluding carboxylic acids is 1. The number of pyridine rings is 1. The highest BCUT2D eigenvalue weighted by atomic mass is 16.5. The van der Waals surface area contributed by atoms with Gasteiger partial charge in [0.15, 0.2) is 0 Å². The van der Waals surface area contributed by atoms with E-state index in [1.807, 2.05) is 12.1 Å². The van der Waals surface area contributed by atoms with Crippen molar-refractivity contribution >= 4 is 5.97 Å². The second-order valence-corrected chi connectivity index (χ2v) is 3.13. The van der Waals surface area contributed by atoms with E-state index in [-0.39, 0.29) is 5.97 Å². The Kier molecular flexibility index (Phi) is 4.96. The summed E-state index contributed by atoms with van der Waals surface area (Å²) in [6, 6.07) is 5.62. The van der Waals surface area contributed by atoms with Crippen molar-refractivity contribution < 1.29 is 9.53 Å². The summed E-state index contributed by atoms with van der Waals surface area (Å²) in [6.07, 6.45) is 1.90. The van der Waals surface area contributed by atoms with Crippen molar-refractivity contribution in [1.29, 1.82) is 5.26 Å². The molecule has 1 heterocycles. The maximum absolute atomic E-state index is 10.8. The molecule has 0 fully saturated rings. The highest BCUT2D eigenvalue weighted by Gasteiger charge is 2.02. The standard InChI is InChI=1S/C11H13N3O2/c1-16-11(15)4-6-13-8-9-3-2-5-14-10(9)7-12/h2-3,5,13H,4,6,8H2,1H3. The third-order valence-corrected chi connectivity index (χ3v) is 2.05. The lowest BCUT2D eigenvalue weighted by atomic mass is 10.2. The van der Waals surface area contributed by atoms with Crippen molar-refractivity contribution in [2.24, 2.45) is 0 Å². The van der Waals surface area contributed by atoms with Crippen LogP contribution in [0.25, 0.3) is 0 Å². The van der Waals surface area contributed by atoms with Gasteiger partial charge in [0.2, 0.25) is 0 Å². The Labute approximate surface area is 94.1 Å². The van der Waals surface area contributed by atoms with E-state index in [0.717, 1.165) is 5.56 Å². The molecule has 0 bridgehead atoms. The molecule has 1 aromatic rings. The maximum atomic E-state index is 10.8. The fourth-order valence-corrected chi connectivity index (χ4v) is 1.20. The molecule has 0 unspecified atom stereocenters. The molecule has 0 saturated heterocycles. The smallest absolute Gasteiger partial charge is 0.306 e. The number of esters is 1. The first-order valence-electron chi connectivity index (χ1n) is 4.89. The van der Waals surface area contributed by atoms with E-state index < -0.39 is 0 Å². The maximum Gasteiger partial charge on any atom is 0.306 e. The second-order valence-electron chi connectivity index (χ2n) is 3.13. The summed E-state index contributed by atoms with van der Waals surface area (Å²) >= 11 is 0. The van der Waals surface area contributed by atoms with Gasteiger partial charge in [0, 0.05) is 24.8 Å². The number of nitrogens with one attached hydrogen (secondary N) is 1. The molecule has 0 amide bonds. The molecule has 1 N–H and O–H groups in total. The fourth-order valence-electron chi connectivity index (χ4n) is 1.20. The summed E-state index contributed by atoms with van der Waals surface area (Å²) in [4.78, 5) is 14.8. The van der Waals surface area contributed by atoms with Crippen LogP contribution < -0.4 is 5.32 Å². The highest BCUT2D eigenvalue weighted by molar-refractivity contribution is 5.69. The van der Waals surface area contributed by atoms with Crippen molar-refractivity contribution in [1.82, 2.24) is 10.3 Å². The van der Waals surface area contributed by atoms with Crippen molar-refractivity contribution in [3.63, 3.8) is 0 Å². The Bertz CT molecular complexity index is 398. The zero-order chi connectivity index (χ0) is 11.8. The van der Waals surface area contributed by atoms with Crippen molar-refractivity contribution in [2.45, 2.75) is 13.0 Å². The summed E-state index contributed by atoms with van der Waals surface area (Å²) in [5, 5.41) is 11.8. The van der Waals surface area contributed by atoms with Gasteiger partial charge in [-0.25, -0.2) is 4.98 Å². The molecule has 1 rings (SSSR count). The van der Waals surface area contributed by atoms with Gasteiger partial charge >= 0.3 is 5.97 Å². The van der Waals surface area contributed by atoms with Crippen molar-refractivity contribution in [2.75, 3.05) is 13.7 Å². The first-order valence-corrected chi connectivity index (χ1v) is 4.89. The number of aromatic nitrogens is 1. The van der Waals surface area contributed by atoms with Crippen molar-refractivity contribution in [3.05, 3.63) is 29.6 Å². The fraction of sp³-hybridized carbons (Fsp3) is 0.364.